The van der Waals surface area contributed by atoms with Crippen LogP contribution in [0.2, 0.25) is 0 Å². The Bertz CT molecular complexity index is 1030. The number of anilines is 2. The molecule has 3 aromatic rings. The number of nitrogens with one attached hydrogen (secondary N) is 1. The maximum atomic E-state index is 12.7. The van der Waals surface area contributed by atoms with Crippen LogP contribution in [0, 0.1) is 6.92 Å². The van der Waals surface area contributed by atoms with Crippen molar-refractivity contribution in [1.29, 1.82) is 0 Å². The molecule has 0 bridgehead atoms. The molecular weight excluding hydrogens is 390 g/mol. The molecule has 0 aliphatic carbocycles. The van der Waals surface area contributed by atoms with E-state index in [0.717, 1.165) is 35.9 Å². The second kappa shape index (κ2) is 9.22. The molecule has 0 radical (unpaired) electrons. The topological polar surface area (TPSA) is 62.6 Å². The van der Waals surface area contributed by atoms with Gasteiger partial charge in [-0.2, -0.15) is 5.10 Å². The van der Waals surface area contributed by atoms with Crippen LogP contribution in [-0.2, 0) is 4.79 Å². The van der Waals surface area contributed by atoms with Gasteiger partial charge in [0.15, 0.2) is 0 Å². The fraction of sp³-hybridized carbons (Fsp3) is 0.333. The van der Waals surface area contributed by atoms with Gasteiger partial charge in [0.2, 0.25) is 5.91 Å². The molecule has 162 valence electrons. The van der Waals surface area contributed by atoms with Crippen molar-refractivity contribution in [3.8, 4) is 11.4 Å². The van der Waals surface area contributed by atoms with Gasteiger partial charge in [-0.1, -0.05) is 30.3 Å². The fourth-order valence-electron chi connectivity index (χ4n) is 3.97. The molecule has 7 nitrogen and oxygen atoms in total. The number of para-hydroxylation sites is 3. The van der Waals surface area contributed by atoms with Crippen molar-refractivity contribution in [1.82, 2.24) is 14.7 Å². The Kier molecular flexibility index (Phi) is 6.23. The third-order valence-electron chi connectivity index (χ3n) is 5.33. The zero-order chi connectivity index (χ0) is 21.8. The maximum absolute atomic E-state index is 12.7. The normalized spacial score (nSPS) is 15.5. The summed E-state index contributed by atoms with van der Waals surface area (Å²) in [4.78, 5) is 17.0. The standard InChI is InChI=1S/C24H29N5O2/c1-4-28-16-20(31-22-13-9-8-12-21(22)28)15-27(3)17-24(30)25-23-14-18(2)26-29(23)19-10-6-5-7-11-19/h5-14,20H,4,15-17H2,1-3H3,(H,25,30)/t20-/m1/s1. The van der Waals surface area contributed by atoms with Gasteiger partial charge in [-0.3, -0.25) is 9.69 Å². The van der Waals surface area contributed by atoms with Crippen LogP contribution in [0.15, 0.2) is 60.7 Å². The first-order chi connectivity index (χ1) is 15.0. The van der Waals surface area contributed by atoms with Crippen LogP contribution in [0.5, 0.6) is 5.75 Å². The SMILES string of the molecule is CCN1C[C@@H](CN(C)CC(=O)Nc2cc(C)nn2-c2ccccc2)Oc2ccccc21. The number of carbonyl (C=O) groups excluding carboxylic acids is 1. The highest BCUT2D eigenvalue weighted by Gasteiger charge is 2.26. The van der Waals surface area contributed by atoms with E-state index < -0.39 is 0 Å². The molecule has 4 rings (SSSR count). The molecule has 0 saturated heterocycles. The monoisotopic (exact) mass is 419 g/mol. The summed E-state index contributed by atoms with van der Waals surface area (Å²) in [6, 6.07) is 19.8. The number of aromatic nitrogens is 2. The minimum Gasteiger partial charge on any atom is -0.485 e. The first-order valence-electron chi connectivity index (χ1n) is 10.6. The minimum atomic E-state index is -0.0804. The summed E-state index contributed by atoms with van der Waals surface area (Å²) in [5.41, 5.74) is 2.89. The Morgan fingerprint density at radius 2 is 1.94 bits per heavy atom. The molecule has 31 heavy (non-hydrogen) atoms. The zero-order valence-electron chi connectivity index (χ0n) is 18.3. The highest BCUT2D eigenvalue weighted by atomic mass is 16.5. The number of fused-ring (bicyclic) bond motifs is 1. The second-order valence-electron chi connectivity index (χ2n) is 7.91. The largest absolute Gasteiger partial charge is 0.485 e. The first kappa shape index (κ1) is 20.9. The predicted molar refractivity (Wildman–Crippen MR) is 123 cm³/mol. The smallest absolute Gasteiger partial charge is 0.239 e. The van der Waals surface area contributed by atoms with Crippen molar-refractivity contribution in [2.24, 2.45) is 0 Å². The van der Waals surface area contributed by atoms with Gasteiger partial charge in [-0.05, 0) is 45.2 Å². The van der Waals surface area contributed by atoms with E-state index in [9.17, 15) is 4.79 Å². The van der Waals surface area contributed by atoms with E-state index in [1.165, 1.54) is 0 Å². The molecule has 1 N–H and O–H groups in total. The number of benzene rings is 2. The van der Waals surface area contributed by atoms with Crippen LogP contribution in [0.1, 0.15) is 12.6 Å². The van der Waals surface area contributed by atoms with Crippen LogP contribution in [0.4, 0.5) is 11.5 Å². The van der Waals surface area contributed by atoms with Gasteiger partial charge in [-0.15, -0.1) is 0 Å². The van der Waals surface area contributed by atoms with Gasteiger partial charge in [0.1, 0.15) is 17.7 Å². The maximum Gasteiger partial charge on any atom is 0.239 e. The Morgan fingerprint density at radius 1 is 1.19 bits per heavy atom. The second-order valence-corrected chi connectivity index (χ2v) is 7.91. The fourth-order valence-corrected chi connectivity index (χ4v) is 3.97. The van der Waals surface area contributed by atoms with Crippen LogP contribution < -0.4 is 15.0 Å². The molecule has 0 fully saturated rings. The summed E-state index contributed by atoms with van der Waals surface area (Å²) in [6.45, 7) is 6.72. The van der Waals surface area contributed by atoms with Crippen LogP contribution in [0.3, 0.4) is 0 Å². The lowest BCUT2D eigenvalue weighted by Gasteiger charge is -2.37. The van der Waals surface area contributed by atoms with Gasteiger partial charge >= 0.3 is 0 Å². The van der Waals surface area contributed by atoms with E-state index in [4.69, 9.17) is 4.74 Å². The molecule has 1 amide bonds. The lowest BCUT2D eigenvalue weighted by atomic mass is 10.2. The van der Waals surface area contributed by atoms with Crippen LogP contribution >= 0.6 is 0 Å². The summed E-state index contributed by atoms with van der Waals surface area (Å²) < 4.78 is 7.94. The highest BCUT2D eigenvalue weighted by Crippen LogP contribution is 2.32. The van der Waals surface area contributed by atoms with E-state index in [2.05, 4.69) is 28.3 Å². The number of amides is 1. The lowest BCUT2D eigenvalue weighted by Crippen LogP contribution is -2.46. The van der Waals surface area contributed by atoms with E-state index in [-0.39, 0.29) is 18.6 Å². The Labute approximate surface area is 183 Å². The van der Waals surface area contributed by atoms with Gasteiger partial charge in [0.25, 0.3) is 0 Å². The Balaban J connectivity index is 1.37. The van der Waals surface area contributed by atoms with E-state index in [1.807, 2.05) is 73.5 Å². The summed E-state index contributed by atoms with van der Waals surface area (Å²) >= 11 is 0. The third-order valence-corrected chi connectivity index (χ3v) is 5.33. The van der Waals surface area contributed by atoms with Crippen molar-refractivity contribution >= 4 is 17.4 Å². The van der Waals surface area contributed by atoms with Gasteiger partial charge in [-0.25, -0.2) is 4.68 Å². The average Bonchev–Trinajstić information content (AvgIpc) is 3.13. The zero-order valence-corrected chi connectivity index (χ0v) is 18.3. The summed E-state index contributed by atoms with van der Waals surface area (Å²) in [7, 11) is 1.94. The van der Waals surface area contributed by atoms with Gasteiger partial charge < -0.3 is 15.0 Å². The molecule has 1 aliphatic heterocycles. The molecule has 0 unspecified atom stereocenters. The molecule has 1 atom stereocenters. The van der Waals surface area contributed by atoms with Gasteiger partial charge in [0, 0.05) is 19.2 Å². The molecule has 0 spiro atoms. The van der Waals surface area contributed by atoms with E-state index >= 15 is 0 Å². The number of hydrogen-bond acceptors (Lipinski definition) is 5. The highest BCUT2D eigenvalue weighted by molar-refractivity contribution is 5.91. The number of aryl methyl sites for hydroxylation is 1. The van der Waals surface area contributed by atoms with Crippen molar-refractivity contribution in [3.05, 3.63) is 66.4 Å². The van der Waals surface area contributed by atoms with Crippen molar-refractivity contribution < 1.29 is 9.53 Å². The number of likely N-dealkylation sites (N-methyl/N-ethyl adjacent to an activating group) is 2. The van der Waals surface area contributed by atoms with Crippen molar-refractivity contribution in [2.45, 2.75) is 20.0 Å². The minimum absolute atomic E-state index is 0.00439. The lowest BCUT2D eigenvalue weighted by molar-refractivity contribution is -0.117. The predicted octanol–water partition coefficient (Wildman–Crippen LogP) is 3.34. The molecule has 0 saturated carbocycles. The van der Waals surface area contributed by atoms with Crippen LogP contribution in [-0.4, -0.2) is 59.9 Å². The average molecular weight is 420 g/mol. The summed E-state index contributed by atoms with van der Waals surface area (Å²) in [6.07, 6.45) is 0.00439. The van der Waals surface area contributed by atoms with Crippen LogP contribution in [0.25, 0.3) is 5.69 Å². The molecule has 2 aromatic carbocycles. The van der Waals surface area contributed by atoms with Gasteiger partial charge in [0.05, 0.1) is 30.2 Å². The third kappa shape index (κ3) is 4.88. The summed E-state index contributed by atoms with van der Waals surface area (Å²) in [5.74, 6) is 1.49. The number of hydrogen-bond donors (Lipinski definition) is 1. The number of ether oxygens (including phenoxy) is 1. The molecule has 1 aliphatic rings. The Hall–Kier alpha value is -3.32. The first-order valence-corrected chi connectivity index (χ1v) is 10.6. The van der Waals surface area contributed by atoms with Crippen molar-refractivity contribution in [3.63, 3.8) is 0 Å². The molecule has 2 heterocycles. The molecule has 1 aromatic heterocycles. The van der Waals surface area contributed by atoms with Crippen molar-refractivity contribution in [2.75, 3.05) is 43.4 Å². The number of carbonyl (C=O) groups is 1. The molecule has 7 heteroatoms. The number of rotatable bonds is 7. The quantitative estimate of drug-likeness (QED) is 0.636. The number of nitrogens with zero attached hydrogens (tertiary/aromatic N) is 4. The van der Waals surface area contributed by atoms with E-state index in [0.29, 0.717) is 12.4 Å². The summed E-state index contributed by atoms with van der Waals surface area (Å²) in [5, 5.41) is 7.51. The van der Waals surface area contributed by atoms with E-state index in [1.54, 1.807) is 4.68 Å². The Morgan fingerprint density at radius 3 is 2.71 bits per heavy atom. The molecular formula is C24H29N5O2.